The fourth-order valence-electron chi connectivity index (χ4n) is 5.19. The Morgan fingerprint density at radius 2 is 1.81 bits per heavy atom. The van der Waals surface area contributed by atoms with Gasteiger partial charge in [-0.2, -0.15) is 5.10 Å². The Morgan fingerprint density at radius 3 is 2.40 bits per heavy atom. The maximum atomic E-state index is 15.4. The van der Waals surface area contributed by atoms with Gasteiger partial charge in [0.05, 0.1) is 50.4 Å². The normalized spacial score (nSPS) is 15.7. The zero-order valence-electron chi connectivity index (χ0n) is 24.8. The number of anilines is 2. The van der Waals surface area contributed by atoms with E-state index in [1.807, 2.05) is 0 Å². The Kier molecular flexibility index (Phi) is 8.23. The van der Waals surface area contributed by atoms with Crippen LogP contribution < -0.4 is 19.7 Å². The number of aromatic nitrogens is 3. The summed E-state index contributed by atoms with van der Waals surface area (Å²) < 4.78 is 48.6. The summed E-state index contributed by atoms with van der Waals surface area (Å²) in [4.78, 5) is 31.9. The van der Waals surface area contributed by atoms with Gasteiger partial charge in [-0.15, -0.1) is 0 Å². The average molecular weight is 616 g/mol. The van der Waals surface area contributed by atoms with Gasteiger partial charge < -0.3 is 24.4 Å². The number of hydrogen-bond acceptors (Lipinski definition) is 7. The molecule has 0 unspecified atom stereocenters. The van der Waals surface area contributed by atoms with Crippen LogP contribution in [0.4, 0.5) is 20.2 Å². The highest BCUT2D eigenvalue weighted by atomic mass is 32.3. The van der Waals surface area contributed by atoms with E-state index in [-0.39, 0.29) is 24.8 Å². The molecule has 1 aromatic carbocycles. The molecule has 3 aromatic rings. The summed E-state index contributed by atoms with van der Waals surface area (Å²) in [7, 11) is 1.77. The number of halogens is 2. The van der Waals surface area contributed by atoms with E-state index in [1.54, 1.807) is 16.9 Å². The minimum Gasteiger partial charge on any atom is -0.493 e. The van der Waals surface area contributed by atoms with E-state index in [4.69, 9.17) is 14.2 Å². The quantitative estimate of drug-likeness (QED) is 0.248. The van der Waals surface area contributed by atoms with Gasteiger partial charge in [-0.25, -0.2) is 23.5 Å². The van der Waals surface area contributed by atoms with E-state index < -0.39 is 44.6 Å². The first-order chi connectivity index (χ1) is 20.4. The number of ether oxygens (including phenoxy) is 3. The van der Waals surface area contributed by atoms with Gasteiger partial charge in [0.1, 0.15) is 18.1 Å². The number of carbonyl (C=O) groups is 2. The second kappa shape index (κ2) is 11.6. The first kappa shape index (κ1) is 30.5. The topological polar surface area (TPSA) is 108 Å². The number of nitrogens with one attached hydrogen (secondary N) is 1. The zero-order chi connectivity index (χ0) is 31.1. The number of hydrogen-bond donors (Lipinski definition) is 1. The monoisotopic (exact) mass is 615 g/mol. The van der Waals surface area contributed by atoms with Crippen molar-refractivity contribution in [2.24, 2.45) is 0 Å². The summed E-state index contributed by atoms with van der Waals surface area (Å²) in [6, 6.07) is 2.91. The molecule has 1 N–H and O–H groups in total. The molecule has 3 heterocycles. The number of rotatable bonds is 11. The average Bonchev–Trinajstić information content (AvgIpc) is 3.68. The Labute approximate surface area is 250 Å². The standard InChI is InChI=1S/C30H35F2N5O5S/c1-7-24(38)35-21-15-34-37(17-42-10-11-43(4,5)6)27(21)20-12-19-18(14-33-20)16-36(29(39)30(19)8-9-30)28-25(31)22(40-2)13-23(41-3)26(28)32/h7,12-15H,1,8-11,16-17H2,2-6H3,(H,35,38). The van der Waals surface area contributed by atoms with Gasteiger partial charge >= 0.3 is 0 Å². The molecule has 43 heavy (non-hydrogen) atoms. The molecule has 0 radical (unpaired) electrons. The Hall–Kier alpha value is -3.97. The lowest BCUT2D eigenvalue weighted by Gasteiger charge is -2.35. The summed E-state index contributed by atoms with van der Waals surface area (Å²) in [6.45, 7) is 4.08. The second-order valence-electron chi connectivity index (χ2n) is 11.4. The molecule has 2 aliphatic rings. The Morgan fingerprint density at radius 1 is 1.14 bits per heavy atom. The molecule has 1 spiro atoms. The highest BCUT2D eigenvalue weighted by Gasteiger charge is 2.57. The first-order valence-corrected chi connectivity index (χ1v) is 16.6. The molecular formula is C30H35F2N5O5S. The van der Waals surface area contributed by atoms with Crippen LogP contribution in [0.3, 0.4) is 0 Å². The summed E-state index contributed by atoms with van der Waals surface area (Å²) in [6.07, 6.45) is 11.9. The molecule has 1 aliphatic heterocycles. The van der Waals surface area contributed by atoms with Gasteiger partial charge in [-0.3, -0.25) is 14.6 Å². The number of methoxy groups -OCH3 is 2. The van der Waals surface area contributed by atoms with Crippen LogP contribution in [0.15, 0.2) is 37.2 Å². The molecule has 5 rings (SSSR count). The van der Waals surface area contributed by atoms with Crippen molar-refractivity contribution < 1.29 is 32.6 Å². The lowest BCUT2D eigenvalue weighted by atomic mass is 9.86. The molecule has 0 atom stereocenters. The number of amides is 2. The van der Waals surface area contributed by atoms with Crippen LogP contribution >= 0.6 is 10.0 Å². The van der Waals surface area contributed by atoms with Gasteiger partial charge in [0.2, 0.25) is 11.8 Å². The minimum absolute atomic E-state index is 0.106. The lowest BCUT2D eigenvalue weighted by Crippen LogP contribution is -2.45. The largest absolute Gasteiger partial charge is 0.493 e. The second-order valence-corrected chi connectivity index (χ2v) is 16.0. The number of fused-ring (bicyclic) bond motifs is 2. The first-order valence-electron chi connectivity index (χ1n) is 13.6. The van der Waals surface area contributed by atoms with Gasteiger partial charge in [-0.05, 0) is 54.9 Å². The van der Waals surface area contributed by atoms with Gasteiger partial charge in [0, 0.05) is 18.0 Å². The summed E-state index contributed by atoms with van der Waals surface area (Å²) in [5.74, 6) is -2.37. The summed E-state index contributed by atoms with van der Waals surface area (Å²) in [5, 5.41) is 7.19. The molecule has 230 valence electrons. The lowest BCUT2D eigenvalue weighted by molar-refractivity contribution is -0.121. The van der Waals surface area contributed by atoms with Crippen LogP contribution in [0.1, 0.15) is 24.0 Å². The van der Waals surface area contributed by atoms with Gasteiger partial charge in [0.15, 0.2) is 23.1 Å². The molecule has 13 heteroatoms. The van der Waals surface area contributed by atoms with Crippen molar-refractivity contribution in [2.45, 2.75) is 31.5 Å². The van der Waals surface area contributed by atoms with Gasteiger partial charge in [-0.1, -0.05) is 6.58 Å². The number of pyridine rings is 1. The number of carbonyl (C=O) groups excluding carboxylic acids is 2. The van der Waals surface area contributed by atoms with Gasteiger partial charge in [0.25, 0.3) is 0 Å². The third-order valence-corrected chi connectivity index (χ3v) is 9.03. The van der Waals surface area contributed by atoms with Crippen LogP contribution in [0.25, 0.3) is 11.4 Å². The van der Waals surface area contributed by atoms with E-state index in [1.165, 1.54) is 20.4 Å². The van der Waals surface area contributed by atoms with E-state index >= 15 is 8.78 Å². The maximum Gasteiger partial charge on any atom is 0.247 e. The number of nitrogens with zero attached hydrogens (tertiary/aromatic N) is 4. The highest BCUT2D eigenvalue weighted by Crippen LogP contribution is 2.55. The van der Waals surface area contributed by atoms with E-state index in [2.05, 4.69) is 40.7 Å². The van der Waals surface area contributed by atoms with E-state index in [0.717, 1.165) is 28.4 Å². The predicted molar refractivity (Wildman–Crippen MR) is 162 cm³/mol. The smallest absolute Gasteiger partial charge is 0.247 e. The van der Waals surface area contributed by atoms with Crippen molar-refractivity contribution in [1.82, 2.24) is 14.8 Å². The molecule has 1 fully saturated rings. The molecule has 2 amide bonds. The van der Waals surface area contributed by atoms with Crippen LogP contribution in [-0.4, -0.2) is 71.9 Å². The van der Waals surface area contributed by atoms with Crippen molar-refractivity contribution in [1.29, 1.82) is 0 Å². The van der Waals surface area contributed by atoms with Crippen molar-refractivity contribution in [3.8, 4) is 22.9 Å². The number of benzene rings is 1. The summed E-state index contributed by atoms with van der Waals surface area (Å²) in [5.41, 5.74) is 1.25. The van der Waals surface area contributed by atoms with E-state index in [9.17, 15) is 9.59 Å². The molecule has 2 aromatic heterocycles. The van der Waals surface area contributed by atoms with E-state index in [0.29, 0.717) is 42.1 Å². The molecule has 0 bridgehead atoms. The third-order valence-electron chi connectivity index (χ3n) is 7.63. The predicted octanol–water partition coefficient (Wildman–Crippen LogP) is 4.61. The van der Waals surface area contributed by atoms with Crippen LogP contribution in [0.2, 0.25) is 0 Å². The molecule has 10 nitrogen and oxygen atoms in total. The Balaban J connectivity index is 1.54. The summed E-state index contributed by atoms with van der Waals surface area (Å²) >= 11 is 0. The Bertz CT molecular complexity index is 1570. The van der Waals surface area contributed by atoms with Crippen LogP contribution in [-0.2, 0) is 33.0 Å². The maximum absolute atomic E-state index is 15.4. The fourth-order valence-corrected chi connectivity index (χ4v) is 5.81. The van der Waals surface area contributed by atoms with Crippen molar-refractivity contribution in [3.63, 3.8) is 0 Å². The van der Waals surface area contributed by atoms with Crippen LogP contribution in [0, 0.1) is 11.6 Å². The van der Waals surface area contributed by atoms with Crippen molar-refractivity contribution in [2.75, 3.05) is 55.6 Å². The zero-order valence-corrected chi connectivity index (χ0v) is 25.6. The van der Waals surface area contributed by atoms with Crippen molar-refractivity contribution in [3.05, 3.63) is 59.9 Å². The minimum atomic E-state index is -0.988. The molecular weight excluding hydrogens is 580 g/mol. The fraction of sp³-hybridized carbons (Fsp3) is 0.400. The third kappa shape index (κ3) is 5.70. The van der Waals surface area contributed by atoms with Crippen molar-refractivity contribution >= 4 is 33.2 Å². The SMILES string of the molecule is C=CC(=O)Nc1cnn(COCCS(C)(C)C)c1-c1cc2c(cn1)CN(c1c(F)c(OC)cc(OC)c1F)C(=O)C21CC1. The van der Waals surface area contributed by atoms with Crippen LogP contribution in [0.5, 0.6) is 11.5 Å². The molecule has 1 aliphatic carbocycles. The molecule has 0 saturated heterocycles. The highest BCUT2D eigenvalue weighted by molar-refractivity contribution is 8.32. The molecule has 1 saturated carbocycles.